The number of furan rings is 1. The van der Waals surface area contributed by atoms with E-state index in [1.54, 1.807) is 11.2 Å². The van der Waals surface area contributed by atoms with Gasteiger partial charge in [-0.1, -0.05) is 30.7 Å². The molecule has 1 atom stereocenters. The van der Waals surface area contributed by atoms with Crippen LogP contribution in [0.15, 0.2) is 59.2 Å². The molecule has 0 unspecified atom stereocenters. The first-order valence-electron chi connectivity index (χ1n) is 12.0. The molecule has 7 heteroatoms. The molecule has 178 valence electrons. The Bertz CT molecular complexity index is 1180. The number of hydrogen-bond acceptors (Lipinski definition) is 3. The van der Waals surface area contributed by atoms with Crippen molar-refractivity contribution in [3.63, 3.8) is 0 Å². The van der Waals surface area contributed by atoms with Gasteiger partial charge in [0, 0.05) is 17.6 Å². The number of nitrogens with zero attached hydrogens (tertiary/aromatic N) is 2. The van der Waals surface area contributed by atoms with E-state index < -0.39 is 5.54 Å². The smallest absolute Gasteiger partial charge is 0.271 e. The number of nitrogens with one attached hydrogen (secondary N) is 1. The summed E-state index contributed by atoms with van der Waals surface area (Å²) < 4.78 is 7.53. The lowest BCUT2D eigenvalue weighted by atomic mass is 9.86. The Morgan fingerprint density at radius 2 is 1.79 bits per heavy atom. The molecule has 5 rings (SSSR count). The highest BCUT2D eigenvalue weighted by molar-refractivity contribution is 6.30. The highest BCUT2D eigenvalue weighted by Gasteiger charge is 2.48. The second-order valence-corrected chi connectivity index (χ2v) is 10.3. The third-order valence-corrected chi connectivity index (χ3v) is 7.63. The van der Waals surface area contributed by atoms with Crippen LogP contribution in [-0.2, 0) is 17.9 Å². The molecule has 3 heterocycles. The average Bonchev–Trinajstić information content (AvgIpc) is 3.49. The normalized spacial score (nSPS) is 24.7. The van der Waals surface area contributed by atoms with Crippen molar-refractivity contribution in [3.05, 3.63) is 71.1 Å². The zero-order valence-electron chi connectivity index (χ0n) is 19.6. The molecule has 6 nitrogen and oxygen atoms in total. The summed E-state index contributed by atoms with van der Waals surface area (Å²) in [6.45, 7) is 4.80. The molecular formula is C27H30ClN3O3. The van der Waals surface area contributed by atoms with Gasteiger partial charge in [-0.15, -0.1) is 0 Å². The van der Waals surface area contributed by atoms with E-state index in [1.807, 2.05) is 60.0 Å². The molecule has 1 aliphatic carbocycles. The van der Waals surface area contributed by atoms with Crippen LogP contribution in [-0.4, -0.2) is 32.9 Å². The SMILES string of the molecule is CC1CCC(NC(=O)[C@]2(C)Cn3c(ccc3-c3ccco3)C(=O)N2Cc2ccc(Cl)cc2)CC1. The Morgan fingerprint density at radius 3 is 2.47 bits per heavy atom. The summed E-state index contributed by atoms with van der Waals surface area (Å²) in [5, 5.41) is 3.92. The molecular weight excluding hydrogens is 450 g/mol. The summed E-state index contributed by atoms with van der Waals surface area (Å²) in [7, 11) is 0. The standard InChI is InChI=1S/C27H30ClN3O3/c1-18-5-11-21(12-6-18)29-26(33)27(2)17-30-22(24-4-3-15-34-24)13-14-23(30)25(32)31(27)16-19-7-9-20(28)10-8-19/h3-4,7-10,13-15,18,21H,5-6,11-12,16-17H2,1-2H3,(H,29,33)/t18?,21?,27-/m0/s1. The van der Waals surface area contributed by atoms with E-state index in [9.17, 15) is 9.59 Å². The Balaban J connectivity index is 1.50. The number of fused-ring (bicyclic) bond motifs is 1. The Morgan fingerprint density at radius 1 is 1.09 bits per heavy atom. The Hall–Kier alpha value is -2.99. The van der Waals surface area contributed by atoms with Crippen molar-refractivity contribution < 1.29 is 14.0 Å². The minimum atomic E-state index is -1.06. The van der Waals surface area contributed by atoms with Crippen molar-refractivity contribution in [2.24, 2.45) is 5.92 Å². The van der Waals surface area contributed by atoms with E-state index in [4.69, 9.17) is 16.0 Å². The van der Waals surface area contributed by atoms with Crippen molar-refractivity contribution in [1.29, 1.82) is 0 Å². The third kappa shape index (κ3) is 4.16. The largest absolute Gasteiger partial charge is 0.463 e. The lowest BCUT2D eigenvalue weighted by Gasteiger charge is -2.45. The van der Waals surface area contributed by atoms with E-state index in [1.165, 1.54) is 0 Å². The molecule has 2 aliphatic rings. The summed E-state index contributed by atoms with van der Waals surface area (Å²) in [4.78, 5) is 29.3. The van der Waals surface area contributed by atoms with Crippen LogP contribution in [0.1, 0.15) is 55.6 Å². The minimum Gasteiger partial charge on any atom is -0.463 e. The fourth-order valence-electron chi connectivity index (χ4n) is 5.18. The van der Waals surface area contributed by atoms with E-state index in [2.05, 4.69) is 12.2 Å². The second-order valence-electron chi connectivity index (χ2n) is 9.89. The highest BCUT2D eigenvalue weighted by atomic mass is 35.5. The molecule has 0 saturated heterocycles. The molecule has 34 heavy (non-hydrogen) atoms. The third-order valence-electron chi connectivity index (χ3n) is 7.37. The van der Waals surface area contributed by atoms with Crippen LogP contribution in [0.4, 0.5) is 0 Å². The number of halogens is 1. The van der Waals surface area contributed by atoms with Gasteiger partial charge < -0.3 is 19.2 Å². The number of hydrogen-bond donors (Lipinski definition) is 1. The number of amides is 2. The van der Waals surface area contributed by atoms with Crippen LogP contribution in [0.3, 0.4) is 0 Å². The minimum absolute atomic E-state index is 0.112. The van der Waals surface area contributed by atoms with E-state index in [0.717, 1.165) is 36.9 Å². The summed E-state index contributed by atoms with van der Waals surface area (Å²) >= 11 is 6.07. The van der Waals surface area contributed by atoms with Crippen LogP contribution in [0.25, 0.3) is 11.5 Å². The maximum absolute atomic E-state index is 13.8. The number of carbonyl (C=O) groups is 2. The molecule has 1 aliphatic heterocycles. The number of carbonyl (C=O) groups excluding carboxylic acids is 2. The zero-order chi connectivity index (χ0) is 23.9. The molecule has 0 bridgehead atoms. The van der Waals surface area contributed by atoms with Crippen LogP contribution in [0.5, 0.6) is 0 Å². The summed E-state index contributed by atoms with van der Waals surface area (Å²) in [6, 6.07) is 15.0. The number of rotatable bonds is 5. The second kappa shape index (κ2) is 8.99. The van der Waals surface area contributed by atoms with Gasteiger partial charge in [0.25, 0.3) is 5.91 Å². The molecule has 1 N–H and O–H groups in total. The lowest BCUT2D eigenvalue weighted by molar-refractivity contribution is -0.134. The van der Waals surface area contributed by atoms with Crippen LogP contribution in [0.2, 0.25) is 5.02 Å². The first kappa shape index (κ1) is 22.8. The molecule has 2 aromatic heterocycles. The topological polar surface area (TPSA) is 67.5 Å². The monoisotopic (exact) mass is 479 g/mol. The van der Waals surface area contributed by atoms with Gasteiger partial charge in [0.05, 0.1) is 18.5 Å². The maximum Gasteiger partial charge on any atom is 0.271 e. The highest BCUT2D eigenvalue weighted by Crippen LogP contribution is 2.35. The van der Waals surface area contributed by atoms with Crippen LogP contribution < -0.4 is 5.32 Å². The van der Waals surface area contributed by atoms with E-state index in [-0.39, 0.29) is 17.9 Å². The Labute approximate surface area is 204 Å². The molecule has 0 spiro atoms. The molecule has 0 radical (unpaired) electrons. The van der Waals surface area contributed by atoms with Gasteiger partial charge in [0.2, 0.25) is 5.91 Å². The summed E-state index contributed by atoms with van der Waals surface area (Å²) in [5.74, 6) is 1.09. The van der Waals surface area contributed by atoms with Gasteiger partial charge in [-0.25, -0.2) is 0 Å². The number of benzene rings is 1. The first-order chi connectivity index (χ1) is 16.3. The zero-order valence-corrected chi connectivity index (χ0v) is 20.3. The van der Waals surface area contributed by atoms with Gasteiger partial charge in [-0.3, -0.25) is 9.59 Å². The van der Waals surface area contributed by atoms with E-state index >= 15 is 0 Å². The average molecular weight is 480 g/mol. The van der Waals surface area contributed by atoms with Gasteiger partial charge in [0.1, 0.15) is 17.0 Å². The molecule has 3 aromatic rings. The van der Waals surface area contributed by atoms with Gasteiger partial charge in [-0.2, -0.15) is 0 Å². The van der Waals surface area contributed by atoms with Gasteiger partial charge in [-0.05, 0) is 80.5 Å². The first-order valence-corrected chi connectivity index (χ1v) is 12.3. The fraction of sp³-hybridized carbons (Fsp3) is 0.407. The maximum atomic E-state index is 13.8. The van der Waals surface area contributed by atoms with Gasteiger partial charge in [0.15, 0.2) is 0 Å². The van der Waals surface area contributed by atoms with Crippen molar-refractivity contribution in [2.75, 3.05) is 0 Å². The molecule has 1 aromatic carbocycles. The van der Waals surface area contributed by atoms with Crippen molar-refractivity contribution in [3.8, 4) is 11.5 Å². The fourth-order valence-corrected chi connectivity index (χ4v) is 5.30. The van der Waals surface area contributed by atoms with Crippen molar-refractivity contribution in [2.45, 2.75) is 64.2 Å². The quantitative estimate of drug-likeness (QED) is 0.524. The van der Waals surface area contributed by atoms with Gasteiger partial charge >= 0.3 is 0 Å². The predicted molar refractivity (Wildman–Crippen MR) is 131 cm³/mol. The summed E-state index contributed by atoms with van der Waals surface area (Å²) in [5.41, 5.74) is 1.21. The molecule has 1 fully saturated rings. The lowest BCUT2D eigenvalue weighted by Crippen LogP contribution is -2.64. The molecule has 2 amide bonds. The van der Waals surface area contributed by atoms with Crippen LogP contribution in [0, 0.1) is 5.92 Å². The van der Waals surface area contributed by atoms with Crippen LogP contribution >= 0.6 is 11.6 Å². The summed E-state index contributed by atoms with van der Waals surface area (Å²) in [6.07, 6.45) is 5.78. The van der Waals surface area contributed by atoms with Crippen molar-refractivity contribution >= 4 is 23.4 Å². The van der Waals surface area contributed by atoms with E-state index in [0.29, 0.717) is 35.5 Å². The Kier molecular flexibility index (Phi) is 6.02. The predicted octanol–water partition coefficient (Wildman–Crippen LogP) is 5.51. The van der Waals surface area contributed by atoms with Crippen molar-refractivity contribution in [1.82, 2.24) is 14.8 Å². The number of aromatic nitrogens is 1. The molecule has 1 saturated carbocycles.